The van der Waals surface area contributed by atoms with Crippen LogP contribution in [0.5, 0.6) is 0 Å². The third kappa shape index (κ3) is 2.50. The van der Waals surface area contributed by atoms with Crippen LogP contribution >= 0.6 is 43.2 Å². The van der Waals surface area contributed by atoms with Gasteiger partial charge in [-0.15, -0.1) is 11.3 Å². The maximum atomic E-state index is 11.4. The van der Waals surface area contributed by atoms with Gasteiger partial charge >= 0.3 is 0 Å². The molecule has 1 aromatic carbocycles. The Kier molecular flexibility index (Phi) is 3.51. The third-order valence-electron chi connectivity index (χ3n) is 3.13. The largest absolute Gasteiger partial charge is 0.326 e. The van der Waals surface area contributed by atoms with E-state index in [1.807, 2.05) is 24.3 Å². The number of amides is 1. The first-order valence-electron chi connectivity index (χ1n) is 5.67. The Morgan fingerprint density at radius 1 is 1.32 bits per heavy atom. The molecule has 0 bridgehead atoms. The van der Waals surface area contributed by atoms with E-state index in [1.165, 1.54) is 0 Å². The van der Waals surface area contributed by atoms with Gasteiger partial charge in [-0.05, 0) is 60.7 Å². The number of rotatable bonds is 2. The fraction of sp³-hybridized carbons (Fsp3) is 0.154. The summed E-state index contributed by atoms with van der Waals surface area (Å²) in [7, 11) is 0. The lowest BCUT2D eigenvalue weighted by Crippen LogP contribution is -2.11. The van der Waals surface area contributed by atoms with E-state index in [9.17, 15) is 4.79 Å². The summed E-state index contributed by atoms with van der Waals surface area (Å²) in [5.41, 5.74) is 10.3. The van der Waals surface area contributed by atoms with Crippen LogP contribution in [0.2, 0.25) is 0 Å². The van der Waals surface area contributed by atoms with Gasteiger partial charge in [0.15, 0.2) is 0 Å². The molecule has 2 aromatic rings. The van der Waals surface area contributed by atoms with Crippen molar-refractivity contribution in [3.05, 3.63) is 48.5 Å². The minimum Gasteiger partial charge on any atom is -0.326 e. The van der Waals surface area contributed by atoms with E-state index in [0.29, 0.717) is 6.42 Å². The molecular weight excluding hydrogens is 392 g/mol. The van der Waals surface area contributed by atoms with Crippen LogP contribution in [0.4, 0.5) is 5.69 Å². The first-order valence-corrected chi connectivity index (χ1v) is 8.08. The molecule has 0 radical (unpaired) electrons. The van der Waals surface area contributed by atoms with Crippen molar-refractivity contribution in [3.63, 3.8) is 0 Å². The molecular formula is C13H10Br2N2OS. The maximum absolute atomic E-state index is 11.4. The molecule has 98 valence electrons. The number of hydrogen-bond donors (Lipinski definition) is 2. The fourth-order valence-corrected chi connectivity index (χ4v) is 5.12. The summed E-state index contributed by atoms with van der Waals surface area (Å²) < 4.78 is 2.07. The smallest absolute Gasteiger partial charge is 0.228 e. The SMILES string of the molecule is NC(c1ccc2c(c1)CC(=O)N2)c1cc(Br)sc1Br. The number of fused-ring (bicyclic) bond motifs is 1. The van der Waals surface area contributed by atoms with Crippen molar-refractivity contribution in [2.75, 3.05) is 5.32 Å². The Labute approximate surface area is 131 Å². The highest BCUT2D eigenvalue weighted by molar-refractivity contribution is 9.12. The second-order valence-corrected chi connectivity index (χ2v) is 8.15. The Morgan fingerprint density at radius 3 is 2.79 bits per heavy atom. The molecule has 3 N–H and O–H groups in total. The van der Waals surface area contributed by atoms with Crippen molar-refractivity contribution < 1.29 is 4.79 Å². The molecule has 3 rings (SSSR count). The molecule has 2 heterocycles. The molecule has 0 spiro atoms. The van der Waals surface area contributed by atoms with Crippen LogP contribution in [0.15, 0.2) is 31.8 Å². The number of thiophene rings is 1. The van der Waals surface area contributed by atoms with E-state index < -0.39 is 0 Å². The second kappa shape index (κ2) is 5.01. The number of carbonyl (C=O) groups excluding carboxylic acids is 1. The van der Waals surface area contributed by atoms with Gasteiger partial charge in [-0.2, -0.15) is 0 Å². The predicted octanol–water partition coefficient (Wildman–Crippen LogP) is 3.82. The lowest BCUT2D eigenvalue weighted by atomic mass is 9.99. The Bertz CT molecular complexity index is 669. The van der Waals surface area contributed by atoms with Gasteiger partial charge in [-0.1, -0.05) is 12.1 Å². The van der Waals surface area contributed by atoms with Crippen molar-refractivity contribution in [1.29, 1.82) is 0 Å². The quantitative estimate of drug-likeness (QED) is 0.803. The average molecular weight is 402 g/mol. The van der Waals surface area contributed by atoms with Gasteiger partial charge in [0, 0.05) is 5.69 Å². The molecule has 1 aliphatic rings. The number of anilines is 1. The van der Waals surface area contributed by atoms with E-state index in [-0.39, 0.29) is 11.9 Å². The van der Waals surface area contributed by atoms with Crippen molar-refractivity contribution in [2.24, 2.45) is 5.73 Å². The van der Waals surface area contributed by atoms with Crippen LogP contribution < -0.4 is 11.1 Å². The molecule has 1 amide bonds. The third-order valence-corrected chi connectivity index (χ3v) is 5.52. The normalized spacial score (nSPS) is 15.2. The first-order chi connectivity index (χ1) is 9.04. The number of hydrogen-bond acceptors (Lipinski definition) is 3. The first kappa shape index (κ1) is 13.3. The summed E-state index contributed by atoms with van der Waals surface area (Å²) in [6, 6.07) is 7.72. The molecule has 1 unspecified atom stereocenters. The average Bonchev–Trinajstić information content (AvgIpc) is 2.88. The highest BCUT2D eigenvalue weighted by Gasteiger charge is 2.21. The van der Waals surface area contributed by atoms with Crippen LogP contribution in [0.3, 0.4) is 0 Å². The summed E-state index contributed by atoms with van der Waals surface area (Å²) in [5.74, 6) is 0.0418. The van der Waals surface area contributed by atoms with Crippen molar-refractivity contribution >= 4 is 54.8 Å². The Morgan fingerprint density at radius 2 is 2.11 bits per heavy atom. The van der Waals surface area contributed by atoms with Gasteiger partial charge in [0.2, 0.25) is 5.91 Å². The molecule has 0 saturated carbocycles. The van der Waals surface area contributed by atoms with Crippen LogP contribution in [-0.2, 0) is 11.2 Å². The molecule has 1 aliphatic heterocycles. The lowest BCUT2D eigenvalue weighted by Gasteiger charge is -2.12. The summed E-state index contributed by atoms with van der Waals surface area (Å²) in [4.78, 5) is 11.4. The molecule has 3 nitrogen and oxygen atoms in total. The highest BCUT2D eigenvalue weighted by atomic mass is 79.9. The molecule has 0 saturated heterocycles. The zero-order valence-electron chi connectivity index (χ0n) is 9.74. The standard InChI is InChI=1S/C13H10Br2N2OS/c14-10-5-8(13(15)19-10)12(16)6-1-2-9-7(3-6)4-11(18)17-9/h1-3,5,12H,4,16H2,(H,17,18). The molecule has 6 heteroatoms. The minimum atomic E-state index is -0.196. The molecule has 0 fully saturated rings. The molecule has 0 aliphatic carbocycles. The predicted molar refractivity (Wildman–Crippen MR) is 84.5 cm³/mol. The van der Waals surface area contributed by atoms with Crippen LogP contribution in [0, 0.1) is 0 Å². The van der Waals surface area contributed by atoms with Gasteiger partial charge in [0.05, 0.1) is 20.0 Å². The topological polar surface area (TPSA) is 55.1 Å². The Balaban J connectivity index is 1.97. The molecule has 1 aromatic heterocycles. The number of carbonyl (C=O) groups is 1. The summed E-state index contributed by atoms with van der Waals surface area (Å²) in [6.07, 6.45) is 0.435. The summed E-state index contributed by atoms with van der Waals surface area (Å²) >= 11 is 8.59. The van der Waals surface area contributed by atoms with E-state index in [4.69, 9.17) is 5.73 Å². The van der Waals surface area contributed by atoms with E-state index in [2.05, 4.69) is 37.2 Å². The second-order valence-electron chi connectivity index (χ2n) is 4.40. The van der Waals surface area contributed by atoms with Crippen molar-refractivity contribution in [1.82, 2.24) is 0 Å². The van der Waals surface area contributed by atoms with E-state index >= 15 is 0 Å². The number of benzene rings is 1. The molecule has 1 atom stereocenters. The van der Waals surface area contributed by atoms with Crippen molar-refractivity contribution in [2.45, 2.75) is 12.5 Å². The van der Waals surface area contributed by atoms with Gasteiger partial charge in [0.1, 0.15) is 0 Å². The zero-order chi connectivity index (χ0) is 13.6. The van der Waals surface area contributed by atoms with Gasteiger partial charge in [-0.25, -0.2) is 0 Å². The fourth-order valence-electron chi connectivity index (χ4n) is 2.19. The van der Waals surface area contributed by atoms with Gasteiger partial charge in [0.25, 0.3) is 0 Å². The lowest BCUT2D eigenvalue weighted by molar-refractivity contribution is -0.115. The number of nitrogens with one attached hydrogen (secondary N) is 1. The Hall–Kier alpha value is -0.690. The van der Waals surface area contributed by atoms with Gasteiger partial charge < -0.3 is 11.1 Å². The van der Waals surface area contributed by atoms with Crippen LogP contribution in [0.25, 0.3) is 0 Å². The minimum absolute atomic E-state index is 0.0418. The summed E-state index contributed by atoms with van der Waals surface area (Å²) in [5, 5.41) is 2.82. The summed E-state index contributed by atoms with van der Waals surface area (Å²) in [6.45, 7) is 0. The zero-order valence-corrected chi connectivity index (χ0v) is 13.7. The monoisotopic (exact) mass is 400 g/mol. The number of nitrogens with two attached hydrogens (primary N) is 1. The maximum Gasteiger partial charge on any atom is 0.228 e. The van der Waals surface area contributed by atoms with E-state index in [1.54, 1.807) is 11.3 Å². The van der Waals surface area contributed by atoms with Gasteiger partial charge in [-0.3, -0.25) is 4.79 Å². The van der Waals surface area contributed by atoms with Crippen molar-refractivity contribution in [3.8, 4) is 0 Å². The molecule has 19 heavy (non-hydrogen) atoms. The van der Waals surface area contributed by atoms with Crippen LogP contribution in [0.1, 0.15) is 22.7 Å². The highest BCUT2D eigenvalue weighted by Crippen LogP contribution is 2.37. The van der Waals surface area contributed by atoms with E-state index in [0.717, 1.165) is 30.0 Å². The number of halogens is 2. The van der Waals surface area contributed by atoms with Crippen LogP contribution in [-0.4, -0.2) is 5.91 Å².